The van der Waals surface area contributed by atoms with Gasteiger partial charge in [0.15, 0.2) is 0 Å². The van der Waals surface area contributed by atoms with Crippen LogP contribution in [0.4, 0.5) is 0 Å². The van der Waals surface area contributed by atoms with Gasteiger partial charge in [0, 0.05) is 24.7 Å². The molecule has 2 aliphatic rings. The number of rotatable bonds is 4. The molecule has 156 valence electrons. The van der Waals surface area contributed by atoms with Crippen LogP contribution in [-0.2, 0) is 12.1 Å². The van der Waals surface area contributed by atoms with Crippen molar-refractivity contribution in [1.82, 2.24) is 20.0 Å². The summed E-state index contributed by atoms with van der Waals surface area (Å²) in [7, 11) is 0. The molecule has 3 aromatic rings. The maximum absolute atomic E-state index is 11.7. The molecule has 1 saturated heterocycles. The van der Waals surface area contributed by atoms with Crippen molar-refractivity contribution in [2.24, 2.45) is 5.92 Å². The first-order chi connectivity index (χ1) is 14.6. The standard InChI is InChI=1S/C23H25ClN4O2/c24-21-17(9-6-13-25-21)22-26-20(30-27-22)15-28-14-12-23(29,16-7-2-1-3-8-16)18-10-4-5-11-19(18)28/h1-3,6-9,13,18-19,29H,4-5,10-12,14-15H2/t18-,19-,23+/m0/s1. The largest absolute Gasteiger partial charge is 0.385 e. The molecule has 6 nitrogen and oxygen atoms in total. The third-order valence-corrected chi connectivity index (χ3v) is 6.97. The molecule has 0 radical (unpaired) electrons. The predicted octanol–water partition coefficient (Wildman–Crippen LogP) is 4.44. The fraction of sp³-hybridized carbons (Fsp3) is 0.435. The van der Waals surface area contributed by atoms with Gasteiger partial charge >= 0.3 is 0 Å². The van der Waals surface area contributed by atoms with Crippen molar-refractivity contribution in [1.29, 1.82) is 0 Å². The number of likely N-dealkylation sites (tertiary alicyclic amines) is 1. The number of benzene rings is 1. The Morgan fingerprint density at radius 3 is 2.80 bits per heavy atom. The Kier molecular flexibility index (Phi) is 5.31. The number of pyridine rings is 1. The minimum Gasteiger partial charge on any atom is -0.385 e. The fourth-order valence-corrected chi connectivity index (χ4v) is 5.41. The molecule has 0 amide bonds. The van der Waals surface area contributed by atoms with Crippen LogP contribution in [0.2, 0.25) is 5.15 Å². The SMILES string of the molecule is O[C@@]1(c2ccccc2)CCN(Cc2nc(-c3cccnc3Cl)no2)[C@H]2CCCC[C@@H]21. The van der Waals surface area contributed by atoms with Crippen LogP contribution in [-0.4, -0.2) is 37.7 Å². The van der Waals surface area contributed by atoms with E-state index in [-0.39, 0.29) is 5.92 Å². The zero-order valence-corrected chi connectivity index (χ0v) is 17.5. The average molecular weight is 425 g/mol. The molecular weight excluding hydrogens is 400 g/mol. The summed E-state index contributed by atoms with van der Waals surface area (Å²) in [6.07, 6.45) is 6.80. The first-order valence-corrected chi connectivity index (χ1v) is 11.0. The lowest BCUT2D eigenvalue weighted by Gasteiger charge is -2.52. The Balaban J connectivity index is 1.37. The summed E-state index contributed by atoms with van der Waals surface area (Å²) >= 11 is 6.17. The molecule has 0 bridgehead atoms. The molecule has 0 spiro atoms. The monoisotopic (exact) mass is 424 g/mol. The molecule has 5 rings (SSSR count). The summed E-state index contributed by atoms with van der Waals surface area (Å²) in [6, 6.07) is 14.1. The molecule has 1 N–H and O–H groups in total. The quantitative estimate of drug-likeness (QED) is 0.624. The maximum Gasteiger partial charge on any atom is 0.241 e. The van der Waals surface area contributed by atoms with Crippen molar-refractivity contribution >= 4 is 11.6 Å². The third kappa shape index (κ3) is 3.53. The first-order valence-electron chi connectivity index (χ1n) is 10.6. The number of hydrogen-bond donors (Lipinski definition) is 1. The molecule has 1 saturated carbocycles. The van der Waals surface area contributed by atoms with E-state index in [1.54, 1.807) is 12.3 Å². The molecule has 3 atom stereocenters. The average Bonchev–Trinajstić information content (AvgIpc) is 3.25. The van der Waals surface area contributed by atoms with Gasteiger partial charge in [-0.25, -0.2) is 4.98 Å². The van der Waals surface area contributed by atoms with Crippen LogP contribution in [0.15, 0.2) is 53.2 Å². The van der Waals surface area contributed by atoms with E-state index in [0.29, 0.717) is 41.4 Å². The molecule has 3 heterocycles. The fourth-order valence-electron chi connectivity index (χ4n) is 5.21. The van der Waals surface area contributed by atoms with Crippen molar-refractivity contribution in [3.63, 3.8) is 0 Å². The highest BCUT2D eigenvalue weighted by Gasteiger charge is 2.49. The van der Waals surface area contributed by atoms with E-state index in [0.717, 1.165) is 31.4 Å². The molecular formula is C23H25ClN4O2. The second-order valence-corrected chi connectivity index (χ2v) is 8.68. The van der Waals surface area contributed by atoms with Crippen LogP contribution >= 0.6 is 11.6 Å². The number of hydrogen-bond acceptors (Lipinski definition) is 6. The predicted molar refractivity (Wildman–Crippen MR) is 114 cm³/mol. The molecule has 1 aromatic carbocycles. The Bertz CT molecular complexity index is 1010. The molecule has 2 fully saturated rings. The molecule has 7 heteroatoms. The third-order valence-electron chi connectivity index (χ3n) is 6.67. The van der Waals surface area contributed by atoms with E-state index in [1.807, 2.05) is 24.3 Å². The minimum atomic E-state index is -0.772. The highest BCUT2D eigenvalue weighted by Crippen LogP contribution is 2.47. The number of piperidine rings is 1. The van der Waals surface area contributed by atoms with Crippen molar-refractivity contribution in [3.05, 3.63) is 65.3 Å². The Labute approximate surface area is 180 Å². The normalized spacial score (nSPS) is 27.0. The summed E-state index contributed by atoms with van der Waals surface area (Å²) in [5.41, 5.74) is 0.932. The highest BCUT2D eigenvalue weighted by molar-refractivity contribution is 6.31. The van der Waals surface area contributed by atoms with E-state index >= 15 is 0 Å². The number of halogens is 1. The molecule has 1 aliphatic carbocycles. The van der Waals surface area contributed by atoms with Crippen LogP contribution in [0, 0.1) is 5.92 Å². The summed E-state index contributed by atoms with van der Waals surface area (Å²) in [5.74, 6) is 1.23. The van der Waals surface area contributed by atoms with Crippen molar-refractivity contribution in [3.8, 4) is 11.4 Å². The minimum absolute atomic E-state index is 0.206. The van der Waals surface area contributed by atoms with Gasteiger partial charge in [-0.05, 0) is 37.0 Å². The van der Waals surface area contributed by atoms with Gasteiger partial charge in [0.2, 0.25) is 11.7 Å². The van der Waals surface area contributed by atoms with E-state index in [2.05, 4.69) is 32.2 Å². The van der Waals surface area contributed by atoms with Crippen LogP contribution in [0.5, 0.6) is 0 Å². The summed E-state index contributed by atoms with van der Waals surface area (Å²) in [5, 5.41) is 16.2. The maximum atomic E-state index is 11.7. The van der Waals surface area contributed by atoms with Gasteiger partial charge in [-0.3, -0.25) is 4.90 Å². The van der Waals surface area contributed by atoms with Crippen LogP contribution in [0.3, 0.4) is 0 Å². The summed E-state index contributed by atoms with van der Waals surface area (Å²) < 4.78 is 5.54. The van der Waals surface area contributed by atoms with Gasteiger partial charge in [-0.2, -0.15) is 4.98 Å². The van der Waals surface area contributed by atoms with E-state index in [9.17, 15) is 5.11 Å². The first kappa shape index (κ1) is 19.7. The van der Waals surface area contributed by atoms with Crippen LogP contribution in [0.1, 0.15) is 43.6 Å². The summed E-state index contributed by atoms with van der Waals surface area (Å²) in [6.45, 7) is 1.37. The Morgan fingerprint density at radius 2 is 1.97 bits per heavy atom. The lowest BCUT2D eigenvalue weighted by atomic mass is 9.66. The second-order valence-electron chi connectivity index (χ2n) is 8.32. The van der Waals surface area contributed by atoms with Crippen molar-refractivity contribution in [2.45, 2.75) is 50.3 Å². The molecule has 30 heavy (non-hydrogen) atoms. The number of aliphatic hydroxyl groups is 1. The highest BCUT2D eigenvalue weighted by atomic mass is 35.5. The van der Waals surface area contributed by atoms with Gasteiger partial charge in [-0.15, -0.1) is 0 Å². The van der Waals surface area contributed by atoms with Crippen LogP contribution < -0.4 is 0 Å². The van der Waals surface area contributed by atoms with E-state index < -0.39 is 5.60 Å². The number of nitrogens with zero attached hydrogens (tertiary/aromatic N) is 4. The zero-order chi connectivity index (χ0) is 20.6. The number of fused-ring (bicyclic) bond motifs is 1. The molecule has 2 aromatic heterocycles. The Morgan fingerprint density at radius 1 is 1.13 bits per heavy atom. The lowest BCUT2D eigenvalue weighted by molar-refractivity contribution is -0.124. The topological polar surface area (TPSA) is 75.3 Å². The zero-order valence-electron chi connectivity index (χ0n) is 16.7. The molecule has 0 unspecified atom stereocenters. The summed E-state index contributed by atoms with van der Waals surface area (Å²) in [4.78, 5) is 11.1. The van der Waals surface area contributed by atoms with Crippen molar-refractivity contribution < 1.29 is 9.63 Å². The van der Waals surface area contributed by atoms with Gasteiger partial charge in [-0.1, -0.05) is 59.9 Å². The van der Waals surface area contributed by atoms with Gasteiger partial charge in [0.05, 0.1) is 17.7 Å². The van der Waals surface area contributed by atoms with Crippen LogP contribution in [0.25, 0.3) is 11.4 Å². The van der Waals surface area contributed by atoms with E-state index in [4.69, 9.17) is 16.1 Å². The van der Waals surface area contributed by atoms with E-state index in [1.165, 1.54) is 6.42 Å². The Hall–Kier alpha value is -2.28. The van der Waals surface area contributed by atoms with Gasteiger partial charge in [0.25, 0.3) is 0 Å². The number of aromatic nitrogens is 3. The van der Waals surface area contributed by atoms with Gasteiger partial charge in [0.1, 0.15) is 5.15 Å². The van der Waals surface area contributed by atoms with Crippen molar-refractivity contribution in [2.75, 3.05) is 6.54 Å². The lowest BCUT2D eigenvalue weighted by Crippen LogP contribution is -2.57. The molecule has 1 aliphatic heterocycles. The second kappa shape index (κ2) is 8.10. The van der Waals surface area contributed by atoms with Gasteiger partial charge < -0.3 is 9.63 Å². The smallest absolute Gasteiger partial charge is 0.241 e.